The minimum Gasteiger partial charge on any atom is -0.469 e. The molecule has 0 spiro atoms. The average Bonchev–Trinajstić information content (AvgIpc) is 3.00. The third kappa shape index (κ3) is 6.04. The number of esters is 1. The summed E-state index contributed by atoms with van der Waals surface area (Å²) in [6.45, 7) is 8.02. The first-order valence-electron chi connectivity index (χ1n) is 9.18. The largest absolute Gasteiger partial charge is 0.523 e. The SMILES string of the molecule is [C-]#[N+][C@H](C)C[C@H]1CC[C@@H]2O[C@@H](CCC(=O)OC)[C@@H](COS(=O)(=O)C(F)(F)F)C2O1. The topological polar surface area (TPSA) is 92.5 Å². The first kappa shape index (κ1) is 23.9. The van der Waals surface area contributed by atoms with Gasteiger partial charge in [-0.05, 0) is 19.3 Å². The van der Waals surface area contributed by atoms with Gasteiger partial charge in [-0.25, -0.2) is 6.57 Å². The molecule has 6 atom stereocenters. The molecule has 2 fully saturated rings. The minimum absolute atomic E-state index is 0.0404. The summed E-state index contributed by atoms with van der Waals surface area (Å²) in [7, 11) is -4.55. The predicted octanol–water partition coefficient (Wildman–Crippen LogP) is 2.43. The van der Waals surface area contributed by atoms with Crippen molar-refractivity contribution in [2.45, 2.75) is 75.0 Å². The van der Waals surface area contributed by atoms with Crippen LogP contribution in [0.4, 0.5) is 13.2 Å². The Balaban J connectivity index is 2.12. The molecule has 0 N–H and O–H groups in total. The molecule has 2 saturated heterocycles. The summed E-state index contributed by atoms with van der Waals surface area (Å²) in [5.74, 6) is -1.33. The van der Waals surface area contributed by atoms with Gasteiger partial charge in [0.1, 0.15) is 0 Å². The van der Waals surface area contributed by atoms with Gasteiger partial charge in [-0.2, -0.15) is 21.6 Å². The van der Waals surface area contributed by atoms with Gasteiger partial charge in [0.2, 0.25) is 6.04 Å². The molecule has 0 aromatic carbocycles. The lowest BCUT2D eigenvalue weighted by Gasteiger charge is -2.33. The van der Waals surface area contributed by atoms with Crippen molar-refractivity contribution < 1.29 is 44.8 Å². The average molecular weight is 443 g/mol. The Morgan fingerprint density at radius 1 is 1.31 bits per heavy atom. The molecule has 2 aliphatic heterocycles. The molecule has 2 heterocycles. The maximum Gasteiger partial charge on any atom is 0.523 e. The number of fused-ring (bicyclic) bond motifs is 1. The van der Waals surface area contributed by atoms with E-state index in [0.29, 0.717) is 19.3 Å². The molecule has 0 radical (unpaired) electrons. The predicted molar refractivity (Wildman–Crippen MR) is 92.9 cm³/mol. The van der Waals surface area contributed by atoms with Gasteiger partial charge >= 0.3 is 21.6 Å². The molecule has 29 heavy (non-hydrogen) atoms. The summed E-state index contributed by atoms with van der Waals surface area (Å²) in [4.78, 5) is 14.8. The van der Waals surface area contributed by atoms with E-state index in [9.17, 15) is 26.4 Å². The Morgan fingerprint density at radius 2 is 2.00 bits per heavy atom. The van der Waals surface area contributed by atoms with Crippen LogP contribution in [0.25, 0.3) is 4.85 Å². The van der Waals surface area contributed by atoms with Crippen LogP contribution in [0.2, 0.25) is 0 Å². The van der Waals surface area contributed by atoms with E-state index in [1.165, 1.54) is 7.11 Å². The highest BCUT2D eigenvalue weighted by atomic mass is 32.2. The van der Waals surface area contributed by atoms with Crippen LogP contribution >= 0.6 is 0 Å². The van der Waals surface area contributed by atoms with E-state index in [0.717, 1.165) is 0 Å². The Bertz CT molecular complexity index is 722. The van der Waals surface area contributed by atoms with Crippen molar-refractivity contribution in [2.24, 2.45) is 5.92 Å². The zero-order valence-corrected chi connectivity index (χ0v) is 16.9. The summed E-state index contributed by atoms with van der Waals surface area (Å²) in [6.07, 6.45) is -0.426. The highest BCUT2D eigenvalue weighted by molar-refractivity contribution is 7.87. The molecular weight excluding hydrogens is 419 g/mol. The van der Waals surface area contributed by atoms with Gasteiger partial charge in [-0.1, -0.05) is 0 Å². The van der Waals surface area contributed by atoms with E-state index in [4.69, 9.17) is 16.0 Å². The van der Waals surface area contributed by atoms with E-state index in [-0.39, 0.29) is 25.0 Å². The number of nitrogens with zero attached hydrogens (tertiary/aromatic N) is 1. The maximum absolute atomic E-state index is 12.6. The maximum atomic E-state index is 12.6. The molecule has 0 aromatic heterocycles. The van der Waals surface area contributed by atoms with E-state index < -0.39 is 52.4 Å². The third-order valence-electron chi connectivity index (χ3n) is 5.12. The van der Waals surface area contributed by atoms with Crippen molar-refractivity contribution in [1.29, 1.82) is 0 Å². The highest BCUT2D eigenvalue weighted by Gasteiger charge is 2.52. The summed E-state index contributed by atoms with van der Waals surface area (Å²) in [5.41, 5.74) is -5.53. The highest BCUT2D eigenvalue weighted by Crippen LogP contribution is 2.40. The summed E-state index contributed by atoms with van der Waals surface area (Å²) >= 11 is 0. The normalized spacial score (nSPS) is 31.0. The van der Waals surface area contributed by atoms with Crippen molar-refractivity contribution in [3.63, 3.8) is 0 Å². The van der Waals surface area contributed by atoms with Crippen molar-refractivity contribution in [3.05, 3.63) is 11.4 Å². The number of methoxy groups -OCH3 is 1. The first-order chi connectivity index (χ1) is 13.5. The zero-order valence-electron chi connectivity index (χ0n) is 16.1. The number of halogens is 3. The van der Waals surface area contributed by atoms with Crippen molar-refractivity contribution in [3.8, 4) is 0 Å². The summed E-state index contributed by atoms with van der Waals surface area (Å²) < 4.78 is 81.1. The Hall–Kier alpha value is -1.42. The van der Waals surface area contributed by atoms with Crippen molar-refractivity contribution in [1.82, 2.24) is 0 Å². The van der Waals surface area contributed by atoms with Gasteiger partial charge in [-0.15, -0.1) is 0 Å². The van der Waals surface area contributed by atoms with Crippen LogP contribution in [0.3, 0.4) is 0 Å². The molecule has 0 aromatic rings. The van der Waals surface area contributed by atoms with Gasteiger partial charge in [0.05, 0.1) is 38.1 Å². The molecule has 0 amide bonds. The molecule has 12 heteroatoms. The molecule has 0 saturated carbocycles. The number of rotatable bonds is 8. The lowest BCUT2D eigenvalue weighted by molar-refractivity contribution is -0.141. The first-order valence-corrected chi connectivity index (χ1v) is 10.6. The van der Waals surface area contributed by atoms with Crippen LogP contribution in [0.5, 0.6) is 0 Å². The van der Waals surface area contributed by atoms with Gasteiger partial charge in [0, 0.05) is 25.7 Å². The Kier molecular flexibility index (Phi) is 7.89. The molecular formula is C17H24F3NO7S. The standard InChI is InChI=1S/C17H24F3NO7S/c1-10(21-2)8-11-4-5-14-16(27-11)12(9-26-29(23,24)17(18,19)20)13(28-14)6-7-15(22)25-3/h10-14,16H,4-9H2,1,3H3/t10-,11-,12-,13+,14+,16?/m1/s1. The summed E-state index contributed by atoms with van der Waals surface area (Å²) in [5, 5.41) is 0. The fourth-order valence-electron chi connectivity index (χ4n) is 3.64. The number of ether oxygens (including phenoxy) is 3. The lowest BCUT2D eigenvalue weighted by atomic mass is 9.89. The minimum atomic E-state index is -5.76. The Labute approximate surface area is 167 Å². The molecule has 0 bridgehead atoms. The van der Waals surface area contributed by atoms with Crippen LogP contribution < -0.4 is 0 Å². The van der Waals surface area contributed by atoms with Crippen molar-refractivity contribution >= 4 is 16.1 Å². The van der Waals surface area contributed by atoms with Gasteiger partial charge in [-0.3, -0.25) is 8.98 Å². The van der Waals surface area contributed by atoms with Crippen LogP contribution in [-0.4, -0.2) is 64.1 Å². The lowest BCUT2D eigenvalue weighted by Crippen LogP contribution is -2.42. The smallest absolute Gasteiger partial charge is 0.469 e. The van der Waals surface area contributed by atoms with Crippen LogP contribution in [0.15, 0.2) is 0 Å². The number of hydrogen-bond donors (Lipinski definition) is 0. The number of carbonyl (C=O) groups is 1. The molecule has 0 aliphatic carbocycles. The molecule has 166 valence electrons. The van der Waals surface area contributed by atoms with Crippen molar-refractivity contribution in [2.75, 3.05) is 13.7 Å². The monoisotopic (exact) mass is 443 g/mol. The molecule has 2 rings (SSSR count). The van der Waals surface area contributed by atoms with E-state index in [2.05, 4.69) is 13.8 Å². The van der Waals surface area contributed by atoms with E-state index in [1.54, 1.807) is 6.92 Å². The molecule has 8 nitrogen and oxygen atoms in total. The fraction of sp³-hybridized carbons (Fsp3) is 0.882. The van der Waals surface area contributed by atoms with E-state index in [1.807, 2.05) is 0 Å². The van der Waals surface area contributed by atoms with E-state index >= 15 is 0 Å². The summed E-state index contributed by atoms with van der Waals surface area (Å²) in [6, 6.07) is -0.283. The zero-order chi connectivity index (χ0) is 21.8. The van der Waals surface area contributed by atoms with Crippen LogP contribution in [0.1, 0.15) is 39.0 Å². The number of carbonyl (C=O) groups excluding carboxylic acids is 1. The third-order valence-corrected chi connectivity index (χ3v) is 6.14. The Morgan fingerprint density at radius 3 is 2.59 bits per heavy atom. The second-order valence-electron chi connectivity index (χ2n) is 7.19. The van der Waals surface area contributed by atoms with Crippen LogP contribution in [0, 0.1) is 12.5 Å². The molecule has 2 aliphatic rings. The fourth-order valence-corrected chi connectivity index (χ4v) is 4.11. The number of alkyl halides is 3. The number of hydrogen-bond acceptors (Lipinski definition) is 7. The van der Waals surface area contributed by atoms with Crippen LogP contribution in [-0.2, 0) is 33.3 Å². The van der Waals surface area contributed by atoms with Gasteiger partial charge in [0.15, 0.2) is 0 Å². The molecule has 1 unspecified atom stereocenters. The quantitative estimate of drug-likeness (QED) is 0.246. The second-order valence-corrected chi connectivity index (χ2v) is 8.80. The van der Waals surface area contributed by atoms with Gasteiger partial charge < -0.3 is 19.1 Å². The van der Waals surface area contributed by atoms with Gasteiger partial charge in [0.25, 0.3) is 0 Å². The second kappa shape index (κ2) is 9.59.